The van der Waals surface area contributed by atoms with E-state index < -0.39 is 0 Å². The molecule has 7 rings (SSSR count). The van der Waals surface area contributed by atoms with Crippen molar-refractivity contribution in [2.45, 2.75) is 40.5 Å². The van der Waals surface area contributed by atoms with E-state index in [4.69, 9.17) is 14.8 Å². The van der Waals surface area contributed by atoms with Crippen LogP contribution in [0, 0.1) is 32.9 Å². The van der Waals surface area contributed by atoms with Crippen LogP contribution >= 0.6 is 0 Å². The largest absolute Gasteiger partial charge is 2.00 e. The molecular formula is C38H32N4OPt. The van der Waals surface area contributed by atoms with E-state index in [-0.39, 0.29) is 21.1 Å². The van der Waals surface area contributed by atoms with E-state index >= 15 is 0 Å². The molecule has 0 N–H and O–H groups in total. The Balaban J connectivity index is 0.00000343. The summed E-state index contributed by atoms with van der Waals surface area (Å²) in [6, 6.07) is 38.2. The number of fused-ring (bicyclic) bond motifs is 3. The fourth-order valence-corrected chi connectivity index (χ4v) is 6.00. The van der Waals surface area contributed by atoms with Crippen LogP contribution < -0.4 is 4.74 Å². The summed E-state index contributed by atoms with van der Waals surface area (Å²) in [7, 11) is 0. The van der Waals surface area contributed by atoms with Crippen molar-refractivity contribution in [3.8, 4) is 34.1 Å². The van der Waals surface area contributed by atoms with Crippen molar-refractivity contribution in [3.63, 3.8) is 0 Å². The summed E-state index contributed by atoms with van der Waals surface area (Å²) in [5, 5.41) is 7.14. The maximum Gasteiger partial charge on any atom is 2.00 e. The first-order valence-electron chi connectivity index (χ1n) is 14.7. The van der Waals surface area contributed by atoms with E-state index in [9.17, 15) is 0 Å². The minimum absolute atomic E-state index is 0. The van der Waals surface area contributed by atoms with Gasteiger partial charge in [0.1, 0.15) is 5.82 Å². The number of ether oxygens (including phenoxy) is 1. The Kier molecular flexibility index (Phi) is 8.25. The minimum atomic E-state index is 0. The van der Waals surface area contributed by atoms with Gasteiger partial charge in [0.25, 0.3) is 0 Å². The molecule has 0 aliphatic heterocycles. The average molecular weight is 756 g/mol. The Morgan fingerprint density at radius 2 is 1.61 bits per heavy atom. The van der Waals surface area contributed by atoms with E-state index in [1.807, 2.05) is 48.1 Å². The van der Waals surface area contributed by atoms with E-state index in [1.54, 1.807) is 0 Å². The molecule has 220 valence electrons. The maximum absolute atomic E-state index is 6.40. The third-order valence-corrected chi connectivity index (χ3v) is 7.94. The fourth-order valence-electron chi connectivity index (χ4n) is 6.00. The zero-order chi connectivity index (χ0) is 29.5. The number of pyridine rings is 1. The van der Waals surface area contributed by atoms with Crippen molar-refractivity contribution < 1.29 is 25.8 Å². The van der Waals surface area contributed by atoms with Crippen LogP contribution in [0.1, 0.15) is 35.9 Å². The summed E-state index contributed by atoms with van der Waals surface area (Å²) < 4.78 is 10.5. The molecule has 3 aromatic heterocycles. The van der Waals surface area contributed by atoms with Gasteiger partial charge in [0, 0.05) is 34.5 Å². The number of hydrogen-bond donors (Lipinski definition) is 0. The molecule has 0 atom stereocenters. The third kappa shape index (κ3) is 5.37. The monoisotopic (exact) mass is 755 g/mol. The van der Waals surface area contributed by atoms with E-state index in [0.29, 0.717) is 11.5 Å². The van der Waals surface area contributed by atoms with Gasteiger partial charge in [-0.1, -0.05) is 66.9 Å². The van der Waals surface area contributed by atoms with Crippen LogP contribution in [0.15, 0.2) is 97.2 Å². The summed E-state index contributed by atoms with van der Waals surface area (Å²) >= 11 is 0. The van der Waals surface area contributed by atoms with Crippen molar-refractivity contribution in [2.24, 2.45) is 0 Å². The molecule has 0 aliphatic carbocycles. The molecule has 0 amide bonds. The molecule has 0 unspecified atom stereocenters. The number of aromatic nitrogens is 4. The van der Waals surface area contributed by atoms with Gasteiger partial charge in [-0.3, -0.25) is 4.68 Å². The van der Waals surface area contributed by atoms with Crippen LogP contribution in [0.5, 0.6) is 11.5 Å². The summed E-state index contributed by atoms with van der Waals surface area (Å²) in [5.74, 6) is 2.10. The summed E-state index contributed by atoms with van der Waals surface area (Å²) in [6.45, 7) is 8.46. The quantitative estimate of drug-likeness (QED) is 0.153. The Hall–Kier alpha value is -4.47. The molecule has 0 saturated carbocycles. The first-order valence-corrected chi connectivity index (χ1v) is 14.7. The van der Waals surface area contributed by atoms with Crippen LogP contribution in [-0.4, -0.2) is 19.3 Å². The van der Waals surface area contributed by atoms with Crippen molar-refractivity contribution in [3.05, 3.63) is 132 Å². The van der Waals surface area contributed by atoms with Gasteiger partial charge in [-0.15, -0.1) is 35.7 Å². The molecule has 0 bridgehead atoms. The van der Waals surface area contributed by atoms with Gasteiger partial charge in [-0.2, -0.15) is 17.2 Å². The van der Waals surface area contributed by atoms with Crippen molar-refractivity contribution in [2.75, 3.05) is 0 Å². The van der Waals surface area contributed by atoms with Crippen molar-refractivity contribution >= 4 is 21.8 Å². The van der Waals surface area contributed by atoms with Gasteiger partial charge in [0.2, 0.25) is 0 Å². The maximum atomic E-state index is 6.40. The molecule has 6 heteroatoms. The Bertz CT molecular complexity index is 2110. The summed E-state index contributed by atoms with van der Waals surface area (Å²) in [5.41, 5.74) is 9.66. The third-order valence-electron chi connectivity index (χ3n) is 7.94. The molecule has 3 heterocycles. The number of aryl methyl sites for hydroxylation is 3. The van der Waals surface area contributed by atoms with Crippen LogP contribution in [0.25, 0.3) is 44.4 Å². The molecule has 0 radical (unpaired) electrons. The molecule has 5 nitrogen and oxygen atoms in total. The number of hydrogen-bond acceptors (Lipinski definition) is 3. The standard InChI is InChI=1S/C38H32N4O.Pt/c1-5-10-28-19-20-39-37(22-28)41-35-18-15-25(2)21-34(35)33-17-16-32(24-36(33)41)43-31-14-9-13-30(23-31)42-27(4)38(26(3)40-42)29-11-7-6-8-12-29;/h6-9,11-22H,5,10H2,1-4H3;/q-2;+2. The number of rotatable bonds is 7. The summed E-state index contributed by atoms with van der Waals surface area (Å²) in [6.07, 6.45) is 3.99. The molecule has 0 spiro atoms. The Labute approximate surface area is 272 Å². The van der Waals surface area contributed by atoms with Gasteiger partial charge in [0.15, 0.2) is 0 Å². The zero-order valence-electron chi connectivity index (χ0n) is 25.2. The molecule has 0 aliphatic rings. The number of benzene rings is 4. The van der Waals surface area contributed by atoms with Crippen molar-refractivity contribution in [1.29, 1.82) is 0 Å². The van der Waals surface area contributed by atoms with Crippen molar-refractivity contribution in [1.82, 2.24) is 19.3 Å². The second kappa shape index (κ2) is 12.3. The van der Waals surface area contributed by atoms with E-state index in [2.05, 4.69) is 98.1 Å². The van der Waals surface area contributed by atoms with Crippen LogP contribution in [0.3, 0.4) is 0 Å². The SMILES string of the molecule is CCCc1ccnc(-n2c3[c-]c(Oc4[c-]c(-n5nc(C)c(-c6ccccc6)c5C)ccc4)ccc3c3cc(C)ccc32)c1.[Pt+2]. The first-order chi connectivity index (χ1) is 21.0. The second-order valence-electron chi connectivity index (χ2n) is 11.0. The van der Waals surface area contributed by atoms with Gasteiger partial charge < -0.3 is 9.30 Å². The Morgan fingerprint density at radius 3 is 2.43 bits per heavy atom. The van der Waals surface area contributed by atoms with Gasteiger partial charge in [0.05, 0.1) is 5.69 Å². The topological polar surface area (TPSA) is 44.9 Å². The Morgan fingerprint density at radius 1 is 0.795 bits per heavy atom. The average Bonchev–Trinajstić information content (AvgIpc) is 3.50. The molecule has 44 heavy (non-hydrogen) atoms. The van der Waals surface area contributed by atoms with Gasteiger partial charge in [-0.05, 0) is 67.6 Å². The zero-order valence-corrected chi connectivity index (χ0v) is 27.4. The predicted molar refractivity (Wildman–Crippen MR) is 174 cm³/mol. The van der Waals surface area contributed by atoms with Crippen LogP contribution in [0.2, 0.25) is 0 Å². The van der Waals surface area contributed by atoms with E-state index in [1.165, 1.54) is 16.5 Å². The fraction of sp³-hybridized carbons (Fsp3) is 0.158. The number of nitrogens with zero attached hydrogens (tertiary/aromatic N) is 4. The molecule has 4 aromatic carbocycles. The van der Waals surface area contributed by atoms with Gasteiger partial charge >= 0.3 is 21.1 Å². The predicted octanol–water partition coefficient (Wildman–Crippen LogP) is 9.30. The minimum Gasteiger partial charge on any atom is -0.509 e. The first kappa shape index (κ1) is 29.6. The van der Waals surface area contributed by atoms with Crippen LogP contribution in [-0.2, 0) is 27.5 Å². The van der Waals surface area contributed by atoms with Gasteiger partial charge in [-0.25, -0.2) is 4.98 Å². The molecule has 0 fully saturated rings. The molecular weight excluding hydrogens is 724 g/mol. The van der Waals surface area contributed by atoms with Crippen LogP contribution in [0.4, 0.5) is 0 Å². The molecule has 0 saturated heterocycles. The normalized spacial score (nSPS) is 11.2. The molecule has 7 aromatic rings. The smallest absolute Gasteiger partial charge is 0.509 e. The second-order valence-corrected chi connectivity index (χ2v) is 11.0. The van der Waals surface area contributed by atoms with E-state index in [0.717, 1.165) is 63.3 Å². The summed E-state index contributed by atoms with van der Waals surface area (Å²) in [4.78, 5) is 4.77.